The molecule has 0 saturated carbocycles. The minimum atomic E-state index is -1.05. The fourth-order valence-electron chi connectivity index (χ4n) is 5.56. The molecule has 38 heavy (non-hydrogen) atoms. The smallest absolute Gasteiger partial charge is 0.263 e. The van der Waals surface area contributed by atoms with E-state index < -0.39 is 5.60 Å². The van der Waals surface area contributed by atoms with E-state index in [9.17, 15) is 10.2 Å². The van der Waals surface area contributed by atoms with Gasteiger partial charge in [-0.15, -0.1) is 0 Å². The first kappa shape index (κ1) is 25.1. The molecule has 5 heterocycles. The molecule has 4 N–H and O–H groups in total. The summed E-state index contributed by atoms with van der Waals surface area (Å²) in [6, 6.07) is 6.30. The Morgan fingerprint density at radius 3 is 2.68 bits per heavy atom. The molecule has 6 rings (SSSR count). The number of aromatic nitrogens is 4. The van der Waals surface area contributed by atoms with Crippen molar-refractivity contribution >= 4 is 11.5 Å². The standard InChI is InChI=1S/C27H35N7O4/c1-32-7-4-20(5-8-32)34-14-23(12-30-34)38-26-25(28)29-13-24(31-26)18-9-19(27(36)16-37-17-27)11-22(10-18)33-6-2-3-21(33)15-35/h9-14,20-21,35-36H,2-8,15-17H2,1H3,(H2,28,29)/t21-/m0/s1. The molecule has 3 aliphatic rings. The van der Waals surface area contributed by atoms with Gasteiger partial charge in [0.25, 0.3) is 5.88 Å². The molecule has 3 aliphatic heterocycles. The van der Waals surface area contributed by atoms with Gasteiger partial charge in [-0.1, -0.05) is 0 Å². The van der Waals surface area contributed by atoms with Gasteiger partial charge in [-0.05, 0) is 69.6 Å². The number of likely N-dealkylation sites (tertiary alicyclic amines) is 1. The molecule has 3 aromatic rings. The van der Waals surface area contributed by atoms with Gasteiger partial charge in [0.1, 0.15) is 5.60 Å². The van der Waals surface area contributed by atoms with Crippen molar-refractivity contribution in [3.8, 4) is 22.9 Å². The number of aliphatic hydroxyl groups is 2. The van der Waals surface area contributed by atoms with Gasteiger partial charge in [0.05, 0.1) is 56.2 Å². The van der Waals surface area contributed by atoms with E-state index in [-0.39, 0.29) is 37.6 Å². The number of hydrogen-bond acceptors (Lipinski definition) is 10. The molecule has 0 bridgehead atoms. The quantitative estimate of drug-likeness (QED) is 0.424. The van der Waals surface area contributed by atoms with Crippen LogP contribution >= 0.6 is 0 Å². The van der Waals surface area contributed by atoms with Gasteiger partial charge in [0, 0.05) is 17.8 Å². The predicted octanol–water partition coefficient (Wildman–Crippen LogP) is 2.16. The van der Waals surface area contributed by atoms with E-state index in [0.717, 1.165) is 62.1 Å². The van der Waals surface area contributed by atoms with E-state index in [1.54, 1.807) is 12.4 Å². The maximum Gasteiger partial charge on any atom is 0.263 e. The third-order valence-electron chi connectivity index (χ3n) is 7.97. The van der Waals surface area contributed by atoms with E-state index in [4.69, 9.17) is 20.2 Å². The number of nitrogens with two attached hydrogens (primary N) is 1. The van der Waals surface area contributed by atoms with Gasteiger partial charge in [-0.2, -0.15) is 5.10 Å². The summed E-state index contributed by atoms with van der Waals surface area (Å²) in [4.78, 5) is 13.6. The monoisotopic (exact) mass is 521 g/mol. The number of nitrogen functional groups attached to an aromatic ring is 1. The van der Waals surface area contributed by atoms with Gasteiger partial charge in [0.2, 0.25) is 0 Å². The Balaban J connectivity index is 1.30. The summed E-state index contributed by atoms with van der Waals surface area (Å²) in [6.07, 6.45) is 9.19. The molecule has 3 fully saturated rings. The Morgan fingerprint density at radius 2 is 1.95 bits per heavy atom. The van der Waals surface area contributed by atoms with Crippen molar-refractivity contribution in [2.75, 3.05) is 57.1 Å². The molecular weight excluding hydrogens is 486 g/mol. The summed E-state index contributed by atoms with van der Waals surface area (Å²) < 4.78 is 13.3. The molecule has 0 spiro atoms. The highest BCUT2D eigenvalue weighted by Crippen LogP contribution is 2.38. The third-order valence-corrected chi connectivity index (χ3v) is 7.97. The van der Waals surface area contributed by atoms with Crippen molar-refractivity contribution in [3.05, 3.63) is 42.4 Å². The van der Waals surface area contributed by atoms with E-state index in [0.29, 0.717) is 17.5 Å². The zero-order valence-corrected chi connectivity index (χ0v) is 21.7. The Morgan fingerprint density at radius 1 is 1.13 bits per heavy atom. The van der Waals surface area contributed by atoms with Crippen molar-refractivity contribution < 1.29 is 19.7 Å². The number of anilines is 2. The van der Waals surface area contributed by atoms with Crippen LogP contribution in [0, 0.1) is 0 Å². The van der Waals surface area contributed by atoms with Crippen LogP contribution in [0.1, 0.15) is 37.3 Å². The fourth-order valence-corrected chi connectivity index (χ4v) is 5.56. The van der Waals surface area contributed by atoms with Crippen LogP contribution in [0.5, 0.6) is 11.6 Å². The summed E-state index contributed by atoms with van der Waals surface area (Å²) >= 11 is 0. The number of piperidine rings is 1. The summed E-state index contributed by atoms with van der Waals surface area (Å²) in [7, 11) is 2.14. The van der Waals surface area contributed by atoms with Gasteiger partial charge >= 0.3 is 0 Å². The van der Waals surface area contributed by atoms with Crippen LogP contribution in [-0.4, -0.2) is 87.4 Å². The molecule has 0 unspecified atom stereocenters. The highest BCUT2D eigenvalue weighted by molar-refractivity contribution is 5.69. The first-order valence-corrected chi connectivity index (χ1v) is 13.3. The van der Waals surface area contributed by atoms with E-state index >= 15 is 0 Å². The second-order valence-corrected chi connectivity index (χ2v) is 10.7. The summed E-state index contributed by atoms with van der Waals surface area (Å²) in [5, 5.41) is 25.5. The largest absolute Gasteiger partial charge is 0.433 e. The molecule has 1 atom stereocenters. The van der Waals surface area contributed by atoms with E-state index in [2.05, 4.69) is 26.9 Å². The number of nitrogens with zero attached hydrogens (tertiary/aromatic N) is 6. The first-order chi connectivity index (χ1) is 18.4. The number of rotatable bonds is 7. The third kappa shape index (κ3) is 4.82. The molecule has 0 amide bonds. The van der Waals surface area contributed by atoms with Crippen LogP contribution in [0.2, 0.25) is 0 Å². The lowest BCUT2D eigenvalue weighted by Crippen LogP contribution is -2.46. The SMILES string of the molecule is CN1CCC(n2cc(Oc3nc(-c4cc(N5CCC[C@H]5CO)cc(C5(O)COC5)c4)cnc3N)cn2)CC1. The lowest BCUT2D eigenvalue weighted by atomic mass is 9.89. The van der Waals surface area contributed by atoms with Gasteiger partial charge < -0.3 is 35.2 Å². The van der Waals surface area contributed by atoms with Crippen molar-refractivity contribution in [2.24, 2.45) is 0 Å². The molecule has 11 heteroatoms. The maximum absolute atomic E-state index is 11.1. The highest BCUT2D eigenvalue weighted by atomic mass is 16.5. The lowest BCUT2D eigenvalue weighted by molar-refractivity contribution is -0.184. The van der Waals surface area contributed by atoms with Gasteiger partial charge in [-0.3, -0.25) is 4.68 Å². The topological polar surface area (TPSA) is 135 Å². The molecule has 1 aromatic carbocycles. The van der Waals surface area contributed by atoms with Crippen LogP contribution in [0.25, 0.3) is 11.3 Å². The Kier molecular flexibility index (Phi) is 6.68. The van der Waals surface area contributed by atoms with Gasteiger partial charge in [-0.25, -0.2) is 9.97 Å². The zero-order valence-electron chi connectivity index (χ0n) is 21.7. The Labute approximate surface area is 221 Å². The predicted molar refractivity (Wildman–Crippen MR) is 142 cm³/mol. The van der Waals surface area contributed by atoms with Crippen LogP contribution in [-0.2, 0) is 10.3 Å². The Bertz CT molecular complexity index is 1290. The number of ether oxygens (including phenoxy) is 2. The van der Waals surface area contributed by atoms with E-state index in [1.165, 1.54) is 0 Å². The average molecular weight is 522 g/mol. The molecular formula is C27H35N7O4. The van der Waals surface area contributed by atoms with Crippen molar-refractivity contribution in [2.45, 2.75) is 43.4 Å². The summed E-state index contributed by atoms with van der Waals surface area (Å²) in [5.41, 5.74) is 8.13. The van der Waals surface area contributed by atoms with Crippen molar-refractivity contribution in [1.82, 2.24) is 24.6 Å². The van der Waals surface area contributed by atoms with Crippen LogP contribution in [0.4, 0.5) is 11.5 Å². The van der Waals surface area contributed by atoms with Gasteiger partial charge in [0.15, 0.2) is 11.6 Å². The zero-order chi connectivity index (χ0) is 26.3. The molecule has 0 radical (unpaired) electrons. The number of hydrogen-bond donors (Lipinski definition) is 3. The first-order valence-electron chi connectivity index (χ1n) is 13.3. The van der Waals surface area contributed by atoms with Crippen LogP contribution in [0.3, 0.4) is 0 Å². The van der Waals surface area contributed by atoms with E-state index in [1.807, 2.05) is 29.1 Å². The van der Waals surface area contributed by atoms with Crippen molar-refractivity contribution in [3.63, 3.8) is 0 Å². The van der Waals surface area contributed by atoms with Crippen LogP contribution in [0.15, 0.2) is 36.8 Å². The summed E-state index contributed by atoms with van der Waals surface area (Å²) in [5.74, 6) is 0.945. The Hall–Kier alpha value is -3.25. The summed E-state index contributed by atoms with van der Waals surface area (Å²) in [6.45, 7) is 3.48. The second-order valence-electron chi connectivity index (χ2n) is 10.7. The van der Waals surface area contributed by atoms with Crippen molar-refractivity contribution in [1.29, 1.82) is 0 Å². The highest BCUT2D eigenvalue weighted by Gasteiger charge is 2.39. The number of benzene rings is 1. The lowest BCUT2D eigenvalue weighted by Gasteiger charge is -2.38. The number of aliphatic hydroxyl groups excluding tert-OH is 1. The average Bonchev–Trinajstić information content (AvgIpc) is 3.58. The minimum Gasteiger partial charge on any atom is -0.433 e. The second kappa shape index (κ2) is 10.1. The van der Waals surface area contributed by atoms with Crippen LogP contribution < -0.4 is 15.4 Å². The normalized spacial score (nSPS) is 22.0. The maximum atomic E-state index is 11.1. The molecule has 11 nitrogen and oxygen atoms in total. The molecule has 202 valence electrons. The minimum absolute atomic E-state index is 0.0443. The molecule has 2 aromatic heterocycles. The molecule has 3 saturated heterocycles. The molecule has 0 aliphatic carbocycles. The fraction of sp³-hybridized carbons (Fsp3) is 0.519.